The minimum absolute atomic E-state index is 1.07. The first-order chi connectivity index (χ1) is 5.83. The molecule has 2 nitrogen and oxygen atoms in total. The summed E-state index contributed by atoms with van der Waals surface area (Å²) >= 11 is 0. The monoisotopic (exact) mass is 160 g/mol. The number of hydrogen-bond acceptors (Lipinski definition) is 1. The SMILES string of the molecule is COn1[c]c(C)c2ccccc21. The van der Waals surface area contributed by atoms with Crippen LogP contribution in [-0.4, -0.2) is 11.8 Å². The number of aromatic nitrogens is 1. The summed E-state index contributed by atoms with van der Waals surface area (Å²) in [4.78, 5) is 5.11. The molecule has 1 heterocycles. The summed E-state index contributed by atoms with van der Waals surface area (Å²) in [5.74, 6) is 0. The molecule has 0 saturated heterocycles. The summed E-state index contributed by atoms with van der Waals surface area (Å²) in [6.45, 7) is 2.03. The van der Waals surface area contributed by atoms with Crippen LogP contribution in [0.5, 0.6) is 0 Å². The molecule has 2 aromatic rings. The summed E-state index contributed by atoms with van der Waals surface area (Å²) in [6, 6.07) is 8.09. The lowest BCUT2D eigenvalue weighted by atomic mass is 10.2. The van der Waals surface area contributed by atoms with Gasteiger partial charge in [-0.15, -0.1) is 0 Å². The van der Waals surface area contributed by atoms with Crippen LogP contribution in [0.1, 0.15) is 5.56 Å². The van der Waals surface area contributed by atoms with E-state index in [0.29, 0.717) is 0 Å². The Bertz CT molecular complexity index is 403. The number of benzene rings is 1. The molecule has 0 atom stereocenters. The Morgan fingerprint density at radius 2 is 2.08 bits per heavy atom. The Hall–Kier alpha value is -1.44. The van der Waals surface area contributed by atoms with Gasteiger partial charge in [0.2, 0.25) is 0 Å². The molecule has 1 radical (unpaired) electrons. The third kappa shape index (κ3) is 0.881. The van der Waals surface area contributed by atoms with E-state index < -0.39 is 0 Å². The maximum Gasteiger partial charge on any atom is 0.111 e. The third-order valence-electron chi connectivity index (χ3n) is 1.98. The van der Waals surface area contributed by atoms with Crippen LogP contribution in [0.3, 0.4) is 0 Å². The molecule has 0 aliphatic rings. The molecule has 61 valence electrons. The highest BCUT2D eigenvalue weighted by molar-refractivity contribution is 5.82. The molecule has 0 N–H and O–H groups in total. The summed E-state index contributed by atoms with van der Waals surface area (Å²) in [5, 5.41) is 1.19. The summed E-state index contributed by atoms with van der Waals surface area (Å²) in [6.07, 6.45) is 3.10. The molecule has 0 aliphatic heterocycles. The van der Waals surface area contributed by atoms with Gasteiger partial charge in [0, 0.05) is 5.39 Å². The highest BCUT2D eigenvalue weighted by atomic mass is 16.6. The van der Waals surface area contributed by atoms with Crippen molar-refractivity contribution in [2.75, 3.05) is 7.11 Å². The molecular weight excluding hydrogens is 150 g/mol. The normalized spacial score (nSPS) is 10.5. The molecule has 0 aliphatic carbocycles. The fourth-order valence-corrected chi connectivity index (χ4v) is 1.38. The standard InChI is InChI=1S/C10H10NO/c1-8-7-11(12-2)10-6-4-3-5-9(8)10/h3-6H,1-2H3. The van der Waals surface area contributed by atoms with E-state index >= 15 is 0 Å². The van der Waals surface area contributed by atoms with Crippen molar-refractivity contribution in [2.45, 2.75) is 6.92 Å². The fraction of sp³-hybridized carbons (Fsp3) is 0.200. The molecule has 1 aromatic carbocycles. The number of fused-ring (bicyclic) bond motifs is 1. The van der Waals surface area contributed by atoms with Gasteiger partial charge in [0.05, 0.1) is 5.52 Å². The average Bonchev–Trinajstić information content (AvgIpc) is 2.44. The van der Waals surface area contributed by atoms with E-state index in [-0.39, 0.29) is 0 Å². The predicted octanol–water partition coefficient (Wildman–Crippen LogP) is 1.81. The lowest BCUT2D eigenvalue weighted by molar-refractivity contribution is 0.177. The molecule has 1 aromatic heterocycles. The van der Waals surface area contributed by atoms with Crippen molar-refractivity contribution in [3.05, 3.63) is 36.0 Å². The maximum absolute atomic E-state index is 5.11. The Labute approximate surface area is 71.3 Å². The second kappa shape index (κ2) is 2.55. The van der Waals surface area contributed by atoms with Gasteiger partial charge in [-0.3, -0.25) is 0 Å². The maximum atomic E-state index is 5.11. The lowest BCUT2D eigenvalue weighted by Gasteiger charge is -1.99. The van der Waals surface area contributed by atoms with Gasteiger partial charge in [-0.25, -0.2) is 0 Å². The summed E-state index contributed by atoms with van der Waals surface area (Å²) < 4.78 is 1.66. The van der Waals surface area contributed by atoms with Gasteiger partial charge in [0.25, 0.3) is 0 Å². The Morgan fingerprint density at radius 3 is 2.83 bits per heavy atom. The molecule has 0 fully saturated rings. The largest absolute Gasteiger partial charge is 0.416 e. The Morgan fingerprint density at radius 1 is 1.33 bits per heavy atom. The highest BCUT2D eigenvalue weighted by Crippen LogP contribution is 2.18. The molecule has 0 amide bonds. The lowest BCUT2D eigenvalue weighted by Crippen LogP contribution is -2.02. The Kier molecular flexibility index (Phi) is 1.54. The van der Waals surface area contributed by atoms with Crippen LogP contribution in [0.4, 0.5) is 0 Å². The molecular formula is C10H10NO. The van der Waals surface area contributed by atoms with E-state index in [1.165, 1.54) is 5.39 Å². The summed E-state index contributed by atoms with van der Waals surface area (Å²) in [7, 11) is 1.64. The van der Waals surface area contributed by atoms with Crippen LogP contribution in [0, 0.1) is 13.1 Å². The van der Waals surface area contributed by atoms with Gasteiger partial charge >= 0.3 is 0 Å². The van der Waals surface area contributed by atoms with E-state index in [0.717, 1.165) is 11.1 Å². The van der Waals surface area contributed by atoms with Crippen molar-refractivity contribution in [3.8, 4) is 0 Å². The van der Waals surface area contributed by atoms with E-state index in [9.17, 15) is 0 Å². The van der Waals surface area contributed by atoms with E-state index in [4.69, 9.17) is 4.84 Å². The van der Waals surface area contributed by atoms with Crippen molar-refractivity contribution in [3.63, 3.8) is 0 Å². The zero-order valence-electron chi connectivity index (χ0n) is 7.16. The molecule has 12 heavy (non-hydrogen) atoms. The topological polar surface area (TPSA) is 14.2 Å². The van der Waals surface area contributed by atoms with Gasteiger partial charge in [-0.1, -0.05) is 18.2 Å². The first-order valence-corrected chi connectivity index (χ1v) is 3.87. The second-order valence-corrected chi connectivity index (χ2v) is 2.73. The molecule has 0 unspecified atom stereocenters. The van der Waals surface area contributed by atoms with Gasteiger partial charge in [-0.2, -0.15) is 4.73 Å². The quantitative estimate of drug-likeness (QED) is 0.620. The smallest absolute Gasteiger partial charge is 0.111 e. The van der Waals surface area contributed by atoms with Crippen molar-refractivity contribution in [1.29, 1.82) is 0 Å². The van der Waals surface area contributed by atoms with Gasteiger partial charge in [0.15, 0.2) is 0 Å². The predicted molar refractivity (Wildman–Crippen MR) is 48.0 cm³/mol. The van der Waals surface area contributed by atoms with Crippen molar-refractivity contribution in [1.82, 2.24) is 4.73 Å². The Balaban J connectivity index is 2.82. The third-order valence-corrected chi connectivity index (χ3v) is 1.98. The highest BCUT2D eigenvalue weighted by Gasteiger charge is 2.03. The zero-order chi connectivity index (χ0) is 8.55. The van der Waals surface area contributed by atoms with Crippen LogP contribution in [0.25, 0.3) is 10.9 Å². The van der Waals surface area contributed by atoms with Gasteiger partial charge in [0.1, 0.15) is 13.3 Å². The number of aryl methyl sites for hydroxylation is 1. The minimum atomic E-state index is 1.07. The first-order valence-electron chi connectivity index (χ1n) is 3.87. The fourth-order valence-electron chi connectivity index (χ4n) is 1.38. The molecule has 2 heteroatoms. The van der Waals surface area contributed by atoms with E-state index in [1.807, 2.05) is 25.1 Å². The van der Waals surface area contributed by atoms with Crippen molar-refractivity contribution < 1.29 is 4.84 Å². The van der Waals surface area contributed by atoms with Crippen LogP contribution >= 0.6 is 0 Å². The van der Waals surface area contributed by atoms with E-state index in [2.05, 4.69) is 12.3 Å². The van der Waals surface area contributed by atoms with Crippen LogP contribution < -0.4 is 4.84 Å². The molecule has 0 bridgehead atoms. The number of rotatable bonds is 1. The van der Waals surface area contributed by atoms with Crippen LogP contribution in [-0.2, 0) is 0 Å². The molecule has 0 saturated carbocycles. The first kappa shape index (κ1) is 7.22. The molecule has 0 spiro atoms. The zero-order valence-corrected chi connectivity index (χ0v) is 7.16. The minimum Gasteiger partial charge on any atom is -0.416 e. The number of para-hydroxylation sites is 1. The van der Waals surface area contributed by atoms with E-state index in [1.54, 1.807) is 11.8 Å². The van der Waals surface area contributed by atoms with Crippen molar-refractivity contribution in [2.24, 2.45) is 0 Å². The van der Waals surface area contributed by atoms with Gasteiger partial charge < -0.3 is 4.84 Å². The molecule has 2 rings (SSSR count). The average molecular weight is 160 g/mol. The number of nitrogens with zero attached hydrogens (tertiary/aromatic N) is 1. The second-order valence-electron chi connectivity index (χ2n) is 2.73. The summed E-state index contributed by atoms with van der Waals surface area (Å²) in [5.41, 5.74) is 2.19. The van der Waals surface area contributed by atoms with Crippen molar-refractivity contribution >= 4 is 10.9 Å². The van der Waals surface area contributed by atoms with Crippen LogP contribution in [0.2, 0.25) is 0 Å². The van der Waals surface area contributed by atoms with Crippen LogP contribution in [0.15, 0.2) is 24.3 Å². The van der Waals surface area contributed by atoms with Gasteiger partial charge in [-0.05, 0) is 18.6 Å². The number of hydrogen-bond donors (Lipinski definition) is 0.